The van der Waals surface area contributed by atoms with Crippen molar-refractivity contribution in [1.82, 2.24) is 4.90 Å². The molecule has 2 aromatic rings. The van der Waals surface area contributed by atoms with Gasteiger partial charge in [-0.15, -0.1) is 0 Å². The largest absolute Gasteiger partial charge is 0.494 e. The van der Waals surface area contributed by atoms with Crippen LogP contribution in [-0.2, 0) is 17.9 Å². The molecule has 8 nitrogen and oxygen atoms in total. The Morgan fingerprint density at radius 2 is 1.84 bits per heavy atom. The molecule has 31 heavy (non-hydrogen) atoms. The van der Waals surface area contributed by atoms with E-state index in [4.69, 9.17) is 26.9 Å². The molecule has 5 N–H and O–H groups in total. The monoisotopic (exact) mass is 419 g/mol. The number of nitrogen functional groups attached to an aromatic ring is 2. The van der Waals surface area contributed by atoms with Crippen LogP contribution in [0.4, 0.5) is 11.4 Å². The van der Waals surface area contributed by atoms with Crippen molar-refractivity contribution in [2.24, 2.45) is 0 Å². The van der Waals surface area contributed by atoms with E-state index in [2.05, 4.69) is 6.07 Å². The number of ether oxygens (including phenoxy) is 1. The first-order chi connectivity index (χ1) is 14.8. The highest BCUT2D eigenvalue weighted by atomic mass is 16.5. The van der Waals surface area contributed by atoms with E-state index >= 15 is 0 Å². The molecular weight excluding hydrogens is 394 g/mol. The number of unbranched alkanes of at least 4 members (excludes halogenated alkanes) is 1. The molecule has 0 aromatic heterocycles. The summed E-state index contributed by atoms with van der Waals surface area (Å²) in [5.41, 5.74) is 14.6. The predicted molar refractivity (Wildman–Crippen MR) is 118 cm³/mol. The SMILES string of the molecule is CCC(=O)C(=N)c1cc(C(=O)N2Cc3ccc(OCCCC#N)cc3C2)c(N)cc1N. The number of nitriles is 1. The number of carbonyl (C=O) groups excluding carboxylic acids is 2. The van der Waals surface area contributed by atoms with E-state index in [1.54, 1.807) is 11.8 Å². The van der Waals surface area contributed by atoms with E-state index in [0.717, 1.165) is 11.1 Å². The summed E-state index contributed by atoms with van der Waals surface area (Å²) in [6.07, 6.45) is 1.28. The quantitative estimate of drug-likeness (QED) is 0.340. The molecule has 2 aromatic carbocycles. The highest BCUT2D eigenvalue weighted by Gasteiger charge is 2.27. The van der Waals surface area contributed by atoms with Gasteiger partial charge in [0.05, 0.1) is 18.2 Å². The van der Waals surface area contributed by atoms with Gasteiger partial charge in [-0.3, -0.25) is 15.0 Å². The average molecular weight is 419 g/mol. The predicted octanol–water partition coefficient (Wildman–Crippen LogP) is 3.04. The first kappa shape index (κ1) is 21.8. The van der Waals surface area contributed by atoms with Gasteiger partial charge in [-0.2, -0.15) is 5.26 Å². The number of hydrogen-bond acceptors (Lipinski definition) is 7. The number of Topliss-reactive ketones (excluding diaryl/α,β-unsaturated/α-hetero) is 1. The Morgan fingerprint density at radius 1 is 1.13 bits per heavy atom. The number of benzene rings is 2. The highest BCUT2D eigenvalue weighted by molar-refractivity contribution is 6.46. The number of nitrogens with one attached hydrogen (secondary N) is 1. The molecule has 0 saturated carbocycles. The first-order valence-corrected chi connectivity index (χ1v) is 10.1. The molecule has 1 heterocycles. The average Bonchev–Trinajstić information content (AvgIpc) is 3.19. The van der Waals surface area contributed by atoms with Crippen LogP contribution in [0.5, 0.6) is 5.75 Å². The second-order valence-corrected chi connectivity index (χ2v) is 7.38. The van der Waals surface area contributed by atoms with Gasteiger partial charge in [-0.25, -0.2) is 0 Å². The summed E-state index contributed by atoms with van der Waals surface area (Å²) in [7, 11) is 0. The third-order valence-corrected chi connectivity index (χ3v) is 5.21. The summed E-state index contributed by atoms with van der Waals surface area (Å²) in [6, 6.07) is 10.6. The van der Waals surface area contributed by atoms with Crippen molar-refractivity contribution in [3.8, 4) is 11.8 Å². The van der Waals surface area contributed by atoms with Crippen molar-refractivity contribution in [2.45, 2.75) is 39.3 Å². The molecule has 1 aliphatic rings. The van der Waals surface area contributed by atoms with Gasteiger partial charge in [0.2, 0.25) is 0 Å². The van der Waals surface area contributed by atoms with Gasteiger partial charge in [0.1, 0.15) is 11.5 Å². The van der Waals surface area contributed by atoms with Crippen molar-refractivity contribution >= 4 is 28.8 Å². The number of anilines is 2. The molecule has 0 aliphatic carbocycles. The van der Waals surface area contributed by atoms with Crippen LogP contribution in [-0.4, -0.2) is 28.9 Å². The molecule has 0 fully saturated rings. The van der Waals surface area contributed by atoms with Gasteiger partial charge in [0.15, 0.2) is 5.78 Å². The van der Waals surface area contributed by atoms with Gasteiger partial charge in [0, 0.05) is 42.9 Å². The molecule has 160 valence electrons. The number of nitrogens with zero attached hydrogens (tertiary/aromatic N) is 2. The maximum absolute atomic E-state index is 13.2. The summed E-state index contributed by atoms with van der Waals surface area (Å²) in [4.78, 5) is 26.8. The third kappa shape index (κ3) is 4.67. The van der Waals surface area contributed by atoms with Crippen molar-refractivity contribution in [2.75, 3.05) is 18.1 Å². The smallest absolute Gasteiger partial charge is 0.256 e. The van der Waals surface area contributed by atoms with Crippen molar-refractivity contribution in [3.05, 3.63) is 52.6 Å². The molecule has 1 aliphatic heterocycles. The lowest BCUT2D eigenvalue weighted by atomic mass is 9.98. The standard InChI is InChI=1S/C23H25N5O3/c1-2-21(29)22(27)17-10-18(20(26)11-19(17)25)23(30)28-12-14-5-6-16(9-15(14)13-28)31-8-4-3-7-24/h5-6,9-11,27H,2-4,8,12-13,25-26H2,1H3. The van der Waals surface area contributed by atoms with Crippen LogP contribution in [0.1, 0.15) is 53.2 Å². The first-order valence-electron chi connectivity index (χ1n) is 10.1. The molecule has 0 radical (unpaired) electrons. The van der Waals surface area contributed by atoms with Crippen molar-refractivity contribution in [1.29, 1.82) is 10.7 Å². The summed E-state index contributed by atoms with van der Waals surface area (Å²) >= 11 is 0. The van der Waals surface area contributed by atoms with Crippen LogP contribution in [0.25, 0.3) is 0 Å². The zero-order valence-corrected chi connectivity index (χ0v) is 17.4. The number of carbonyl (C=O) groups is 2. The van der Waals surface area contributed by atoms with E-state index in [0.29, 0.717) is 38.3 Å². The zero-order chi connectivity index (χ0) is 22.5. The lowest BCUT2D eigenvalue weighted by Crippen LogP contribution is -2.27. The molecule has 0 bridgehead atoms. The fourth-order valence-electron chi connectivity index (χ4n) is 3.48. The molecular formula is C23H25N5O3. The Hall–Kier alpha value is -3.86. The van der Waals surface area contributed by atoms with Crippen molar-refractivity contribution < 1.29 is 14.3 Å². The second-order valence-electron chi connectivity index (χ2n) is 7.38. The maximum atomic E-state index is 13.2. The molecule has 8 heteroatoms. The summed E-state index contributed by atoms with van der Waals surface area (Å²) in [5.74, 6) is 0.0562. The van der Waals surface area contributed by atoms with Crippen LogP contribution >= 0.6 is 0 Å². The summed E-state index contributed by atoms with van der Waals surface area (Å²) in [6.45, 7) is 2.95. The number of nitrogens with two attached hydrogens (primary N) is 2. The Bertz CT molecular complexity index is 1090. The van der Waals surface area contributed by atoms with E-state index in [1.807, 2.05) is 18.2 Å². The van der Waals surface area contributed by atoms with Gasteiger partial charge >= 0.3 is 0 Å². The Balaban J connectivity index is 1.78. The number of fused-ring (bicyclic) bond motifs is 1. The topological polar surface area (TPSA) is 146 Å². The van der Waals surface area contributed by atoms with E-state index in [9.17, 15) is 9.59 Å². The van der Waals surface area contributed by atoms with Crippen LogP contribution < -0.4 is 16.2 Å². The van der Waals surface area contributed by atoms with Gasteiger partial charge in [-0.05, 0) is 41.8 Å². The Kier molecular flexibility index (Phi) is 6.55. The normalized spacial score (nSPS) is 12.2. The molecule has 0 spiro atoms. The minimum atomic E-state index is -0.356. The van der Waals surface area contributed by atoms with Crippen molar-refractivity contribution in [3.63, 3.8) is 0 Å². The van der Waals surface area contributed by atoms with Gasteiger partial charge < -0.3 is 21.1 Å². The van der Waals surface area contributed by atoms with Gasteiger partial charge in [0.25, 0.3) is 5.91 Å². The summed E-state index contributed by atoms with van der Waals surface area (Å²) < 4.78 is 5.68. The van der Waals surface area contributed by atoms with Crippen LogP contribution in [0, 0.1) is 16.7 Å². The van der Waals surface area contributed by atoms with E-state index in [1.165, 1.54) is 12.1 Å². The molecule has 1 amide bonds. The van der Waals surface area contributed by atoms with E-state index < -0.39 is 0 Å². The van der Waals surface area contributed by atoms with Gasteiger partial charge in [-0.1, -0.05) is 13.0 Å². The number of ketones is 1. The van der Waals surface area contributed by atoms with Crippen LogP contribution in [0.3, 0.4) is 0 Å². The molecule has 0 unspecified atom stereocenters. The maximum Gasteiger partial charge on any atom is 0.256 e. The number of rotatable bonds is 8. The van der Waals surface area contributed by atoms with Crippen LogP contribution in [0.2, 0.25) is 0 Å². The van der Waals surface area contributed by atoms with E-state index in [-0.39, 0.29) is 46.3 Å². The lowest BCUT2D eigenvalue weighted by Gasteiger charge is -2.18. The summed E-state index contributed by atoms with van der Waals surface area (Å²) in [5, 5.41) is 16.7. The molecule has 3 rings (SSSR count). The minimum Gasteiger partial charge on any atom is -0.494 e. The second kappa shape index (κ2) is 9.30. The lowest BCUT2D eigenvalue weighted by molar-refractivity contribution is -0.112. The Morgan fingerprint density at radius 3 is 2.55 bits per heavy atom. The molecule has 0 atom stereocenters. The molecule has 0 saturated heterocycles. The fourth-order valence-corrected chi connectivity index (χ4v) is 3.48. The number of hydrogen-bond donors (Lipinski definition) is 3. The fraction of sp³-hybridized carbons (Fsp3) is 0.304. The van der Waals surface area contributed by atoms with Crippen LogP contribution in [0.15, 0.2) is 30.3 Å². The minimum absolute atomic E-state index is 0.175. The highest BCUT2D eigenvalue weighted by Crippen LogP contribution is 2.30. The Labute approximate surface area is 180 Å². The third-order valence-electron chi connectivity index (χ3n) is 5.21. The zero-order valence-electron chi connectivity index (χ0n) is 17.4. The number of amides is 1.